The SMILES string of the molecule is Cc1cc(F)ccc1Oc1cc(C(F)(F)F)ccc1[N+](=O)[O-]. The maximum absolute atomic E-state index is 13.0. The molecule has 0 unspecified atom stereocenters. The molecule has 0 saturated carbocycles. The van der Waals surface area contributed by atoms with Gasteiger partial charge in [-0.1, -0.05) is 0 Å². The smallest absolute Gasteiger partial charge is 0.416 e. The number of halogens is 4. The first-order chi connectivity index (χ1) is 10.2. The Morgan fingerprint density at radius 2 is 1.77 bits per heavy atom. The Morgan fingerprint density at radius 1 is 1.09 bits per heavy atom. The lowest BCUT2D eigenvalue weighted by Crippen LogP contribution is -2.06. The largest absolute Gasteiger partial charge is 0.450 e. The molecular formula is C14H9F4NO3. The minimum Gasteiger partial charge on any atom is -0.450 e. The highest BCUT2D eigenvalue weighted by Gasteiger charge is 2.33. The van der Waals surface area contributed by atoms with E-state index in [4.69, 9.17) is 4.74 Å². The summed E-state index contributed by atoms with van der Waals surface area (Å²) >= 11 is 0. The highest BCUT2D eigenvalue weighted by molar-refractivity contribution is 5.51. The summed E-state index contributed by atoms with van der Waals surface area (Å²) in [7, 11) is 0. The number of hydrogen-bond acceptors (Lipinski definition) is 3. The highest BCUT2D eigenvalue weighted by Crippen LogP contribution is 2.38. The summed E-state index contributed by atoms with van der Waals surface area (Å²) in [5.41, 5.74) is -1.39. The Labute approximate surface area is 122 Å². The van der Waals surface area contributed by atoms with Crippen molar-refractivity contribution in [1.82, 2.24) is 0 Å². The molecule has 0 aliphatic carbocycles. The number of alkyl halides is 3. The van der Waals surface area contributed by atoms with Gasteiger partial charge < -0.3 is 4.74 Å². The van der Waals surface area contributed by atoms with Crippen molar-refractivity contribution in [3.05, 3.63) is 63.5 Å². The Balaban J connectivity index is 2.49. The number of benzene rings is 2. The lowest BCUT2D eigenvalue weighted by atomic mass is 10.1. The Bertz CT molecular complexity index is 729. The second-order valence-corrected chi connectivity index (χ2v) is 4.45. The molecule has 0 N–H and O–H groups in total. The van der Waals surface area contributed by atoms with Crippen LogP contribution in [0.4, 0.5) is 23.2 Å². The van der Waals surface area contributed by atoms with Gasteiger partial charge in [-0.05, 0) is 36.8 Å². The summed E-state index contributed by atoms with van der Waals surface area (Å²) in [6.07, 6.45) is -4.66. The molecule has 0 aliphatic heterocycles. The van der Waals surface area contributed by atoms with Crippen molar-refractivity contribution in [2.45, 2.75) is 13.1 Å². The number of rotatable bonds is 3. The fourth-order valence-electron chi connectivity index (χ4n) is 1.77. The van der Waals surface area contributed by atoms with Crippen molar-refractivity contribution in [2.24, 2.45) is 0 Å². The van der Waals surface area contributed by atoms with Gasteiger partial charge in [0, 0.05) is 12.1 Å². The molecule has 4 nitrogen and oxygen atoms in total. The normalized spacial score (nSPS) is 11.3. The van der Waals surface area contributed by atoms with Gasteiger partial charge in [-0.3, -0.25) is 10.1 Å². The molecule has 2 aromatic rings. The van der Waals surface area contributed by atoms with E-state index in [1.165, 1.54) is 13.0 Å². The average Bonchev–Trinajstić information content (AvgIpc) is 2.40. The number of nitro groups is 1. The third-order valence-electron chi connectivity index (χ3n) is 2.84. The fourth-order valence-corrected chi connectivity index (χ4v) is 1.77. The van der Waals surface area contributed by atoms with Crippen LogP contribution < -0.4 is 4.74 Å². The van der Waals surface area contributed by atoms with Crippen molar-refractivity contribution in [2.75, 3.05) is 0 Å². The van der Waals surface area contributed by atoms with Crippen LogP contribution in [-0.2, 0) is 6.18 Å². The van der Waals surface area contributed by atoms with Gasteiger partial charge in [0.2, 0.25) is 5.75 Å². The predicted octanol–water partition coefficient (Wildman–Crippen LogP) is 4.85. The van der Waals surface area contributed by atoms with Gasteiger partial charge in [-0.25, -0.2) is 4.39 Å². The van der Waals surface area contributed by atoms with Gasteiger partial charge >= 0.3 is 11.9 Å². The molecule has 8 heteroatoms. The molecule has 0 spiro atoms. The Hall–Kier alpha value is -2.64. The molecule has 0 saturated heterocycles. The molecule has 0 heterocycles. The van der Waals surface area contributed by atoms with Crippen LogP contribution in [0.3, 0.4) is 0 Å². The third kappa shape index (κ3) is 3.33. The summed E-state index contributed by atoms with van der Waals surface area (Å²) in [6, 6.07) is 5.20. The summed E-state index contributed by atoms with van der Waals surface area (Å²) in [4.78, 5) is 10.0. The summed E-state index contributed by atoms with van der Waals surface area (Å²) in [6.45, 7) is 1.47. The van der Waals surface area contributed by atoms with E-state index in [1.54, 1.807) is 0 Å². The first-order valence-electron chi connectivity index (χ1n) is 5.98. The van der Waals surface area contributed by atoms with Crippen LogP contribution in [0.15, 0.2) is 36.4 Å². The number of hydrogen-bond donors (Lipinski definition) is 0. The van der Waals surface area contributed by atoms with Gasteiger partial charge in [0.05, 0.1) is 10.5 Å². The van der Waals surface area contributed by atoms with Crippen LogP contribution in [0, 0.1) is 22.9 Å². The molecule has 2 aromatic carbocycles. The van der Waals surface area contributed by atoms with Crippen LogP contribution in [0.5, 0.6) is 11.5 Å². The maximum atomic E-state index is 13.0. The lowest BCUT2D eigenvalue weighted by Gasteiger charge is -2.12. The topological polar surface area (TPSA) is 52.4 Å². The zero-order valence-electron chi connectivity index (χ0n) is 11.1. The van der Waals surface area contributed by atoms with Crippen LogP contribution in [0.25, 0.3) is 0 Å². The fraction of sp³-hybridized carbons (Fsp3) is 0.143. The zero-order valence-corrected chi connectivity index (χ0v) is 11.1. The number of aryl methyl sites for hydroxylation is 1. The van der Waals surface area contributed by atoms with E-state index < -0.39 is 33.9 Å². The highest BCUT2D eigenvalue weighted by atomic mass is 19.4. The molecule has 0 bridgehead atoms. The Morgan fingerprint density at radius 3 is 2.32 bits per heavy atom. The van der Waals surface area contributed by atoms with Gasteiger partial charge in [-0.2, -0.15) is 13.2 Å². The van der Waals surface area contributed by atoms with Crippen molar-refractivity contribution in [1.29, 1.82) is 0 Å². The van der Waals surface area contributed by atoms with Gasteiger partial charge in [0.15, 0.2) is 0 Å². The van der Waals surface area contributed by atoms with Crippen molar-refractivity contribution < 1.29 is 27.2 Å². The maximum Gasteiger partial charge on any atom is 0.416 e. The van der Waals surface area contributed by atoms with Crippen molar-refractivity contribution >= 4 is 5.69 Å². The molecule has 0 fully saturated rings. The Kier molecular flexibility index (Phi) is 4.03. The summed E-state index contributed by atoms with van der Waals surface area (Å²) in [5, 5.41) is 10.9. The summed E-state index contributed by atoms with van der Waals surface area (Å²) in [5.74, 6) is -1.08. The van der Waals surface area contributed by atoms with E-state index in [-0.39, 0.29) is 5.75 Å². The average molecular weight is 315 g/mol. The molecule has 116 valence electrons. The molecular weight excluding hydrogens is 306 g/mol. The molecule has 22 heavy (non-hydrogen) atoms. The minimum atomic E-state index is -4.66. The minimum absolute atomic E-state index is 0.0313. The molecule has 0 atom stereocenters. The molecule has 0 amide bonds. The summed E-state index contributed by atoms with van der Waals surface area (Å²) < 4.78 is 56.3. The van der Waals surface area contributed by atoms with Crippen molar-refractivity contribution in [3.8, 4) is 11.5 Å². The molecule has 0 radical (unpaired) electrons. The lowest BCUT2D eigenvalue weighted by molar-refractivity contribution is -0.385. The number of nitro benzene ring substituents is 1. The van der Waals surface area contributed by atoms with Gasteiger partial charge in [-0.15, -0.1) is 0 Å². The van der Waals surface area contributed by atoms with E-state index in [1.807, 2.05) is 0 Å². The predicted molar refractivity (Wildman–Crippen MR) is 69.3 cm³/mol. The van der Waals surface area contributed by atoms with E-state index in [2.05, 4.69) is 0 Å². The van der Waals surface area contributed by atoms with E-state index in [9.17, 15) is 27.7 Å². The van der Waals surface area contributed by atoms with Crippen LogP contribution in [-0.4, -0.2) is 4.92 Å². The monoisotopic (exact) mass is 315 g/mol. The quantitative estimate of drug-likeness (QED) is 0.462. The van der Waals surface area contributed by atoms with Crippen molar-refractivity contribution in [3.63, 3.8) is 0 Å². The van der Waals surface area contributed by atoms with Gasteiger partial charge in [0.25, 0.3) is 0 Å². The standard InChI is InChI=1S/C14H9F4NO3/c1-8-6-10(15)3-5-12(8)22-13-7-9(14(16,17)18)2-4-11(13)19(20)21/h2-7H,1H3. The van der Waals surface area contributed by atoms with E-state index in [0.717, 1.165) is 18.2 Å². The van der Waals surface area contributed by atoms with Crippen LogP contribution in [0.1, 0.15) is 11.1 Å². The van der Waals surface area contributed by atoms with Crippen LogP contribution in [0.2, 0.25) is 0 Å². The second-order valence-electron chi connectivity index (χ2n) is 4.45. The number of ether oxygens (including phenoxy) is 1. The second kappa shape index (κ2) is 5.63. The first kappa shape index (κ1) is 15.7. The van der Waals surface area contributed by atoms with Gasteiger partial charge in [0.1, 0.15) is 11.6 Å². The van der Waals surface area contributed by atoms with Crippen LogP contribution >= 0.6 is 0 Å². The van der Waals surface area contributed by atoms with E-state index in [0.29, 0.717) is 17.7 Å². The zero-order chi connectivity index (χ0) is 16.5. The molecule has 0 aliphatic rings. The molecule has 2 rings (SSSR count). The molecule has 0 aromatic heterocycles. The van der Waals surface area contributed by atoms with E-state index >= 15 is 0 Å². The first-order valence-corrected chi connectivity index (χ1v) is 5.98. The third-order valence-corrected chi connectivity index (χ3v) is 2.84. The number of nitrogens with zero attached hydrogens (tertiary/aromatic N) is 1.